The van der Waals surface area contributed by atoms with Crippen LogP contribution in [0.3, 0.4) is 0 Å². The number of rotatable bonds is 5. The Morgan fingerprint density at radius 3 is 2.70 bits per heavy atom. The van der Waals surface area contributed by atoms with Gasteiger partial charge in [-0.25, -0.2) is 14.5 Å². The van der Waals surface area contributed by atoms with E-state index >= 15 is 0 Å². The van der Waals surface area contributed by atoms with Gasteiger partial charge >= 0.3 is 0 Å². The molecule has 0 atom stereocenters. The molecule has 0 saturated heterocycles. The quantitative estimate of drug-likeness (QED) is 0.838. The summed E-state index contributed by atoms with van der Waals surface area (Å²) < 4.78 is 6.57. The van der Waals surface area contributed by atoms with Gasteiger partial charge in [0.25, 0.3) is 5.56 Å². The van der Waals surface area contributed by atoms with E-state index in [0.717, 1.165) is 25.0 Å². The van der Waals surface area contributed by atoms with Crippen LogP contribution >= 0.6 is 0 Å². The standard InChI is InChI=1S/C15H19N3O2/c1-4-5-6-12-9-15(19)18(11(2)17-12)14-8-7-13(20-3)10-16-14/h7-10H,4-6H2,1-3H3. The maximum absolute atomic E-state index is 12.2. The lowest BCUT2D eigenvalue weighted by molar-refractivity contribution is 0.412. The van der Waals surface area contributed by atoms with Crippen molar-refractivity contribution >= 4 is 0 Å². The van der Waals surface area contributed by atoms with Crippen molar-refractivity contribution in [1.29, 1.82) is 0 Å². The summed E-state index contributed by atoms with van der Waals surface area (Å²) in [6.07, 6.45) is 4.55. The lowest BCUT2D eigenvalue weighted by Gasteiger charge is -2.10. The third kappa shape index (κ3) is 3.04. The maximum atomic E-state index is 12.2. The number of methoxy groups -OCH3 is 1. The van der Waals surface area contributed by atoms with Crippen LogP contribution in [0.25, 0.3) is 5.82 Å². The predicted molar refractivity (Wildman–Crippen MR) is 77.5 cm³/mol. The Bertz CT molecular complexity index is 633. The van der Waals surface area contributed by atoms with Crippen molar-refractivity contribution in [3.8, 4) is 11.6 Å². The summed E-state index contributed by atoms with van der Waals surface area (Å²) in [5.41, 5.74) is 0.750. The molecule has 0 N–H and O–H groups in total. The van der Waals surface area contributed by atoms with Crippen molar-refractivity contribution in [2.24, 2.45) is 0 Å². The molecule has 106 valence electrons. The molecule has 20 heavy (non-hydrogen) atoms. The van der Waals surface area contributed by atoms with Gasteiger partial charge in [0.05, 0.1) is 13.3 Å². The van der Waals surface area contributed by atoms with Gasteiger partial charge in [0.2, 0.25) is 0 Å². The third-order valence-electron chi connectivity index (χ3n) is 3.11. The number of hydrogen-bond donors (Lipinski definition) is 0. The molecule has 2 aromatic heterocycles. The van der Waals surface area contributed by atoms with Crippen LogP contribution < -0.4 is 10.3 Å². The van der Waals surface area contributed by atoms with E-state index in [9.17, 15) is 4.79 Å². The van der Waals surface area contributed by atoms with Gasteiger partial charge in [0.15, 0.2) is 0 Å². The first-order valence-electron chi connectivity index (χ1n) is 6.75. The summed E-state index contributed by atoms with van der Waals surface area (Å²) in [7, 11) is 1.58. The van der Waals surface area contributed by atoms with Crippen LogP contribution in [0.4, 0.5) is 0 Å². The van der Waals surface area contributed by atoms with Crippen molar-refractivity contribution < 1.29 is 4.74 Å². The molecule has 5 heteroatoms. The van der Waals surface area contributed by atoms with Crippen LogP contribution in [0.5, 0.6) is 5.75 Å². The monoisotopic (exact) mass is 273 g/mol. The molecular formula is C15H19N3O2. The molecule has 0 aliphatic heterocycles. The van der Waals surface area contributed by atoms with Crippen LogP contribution in [-0.2, 0) is 6.42 Å². The number of ether oxygens (including phenoxy) is 1. The van der Waals surface area contributed by atoms with Crippen LogP contribution in [0, 0.1) is 6.92 Å². The van der Waals surface area contributed by atoms with Gasteiger partial charge in [-0.05, 0) is 31.9 Å². The van der Waals surface area contributed by atoms with E-state index in [-0.39, 0.29) is 5.56 Å². The van der Waals surface area contributed by atoms with Gasteiger partial charge in [-0.15, -0.1) is 0 Å². The predicted octanol–water partition coefficient (Wildman–Crippen LogP) is 2.29. The van der Waals surface area contributed by atoms with E-state index in [4.69, 9.17) is 4.74 Å². The van der Waals surface area contributed by atoms with Gasteiger partial charge in [0.1, 0.15) is 17.4 Å². The average Bonchev–Trinajstić information content (AvgIpc) is 2.45. The molecule has 0 radical (unpaired) electrons. The zero-order valence-corrected chi connectivity index (χ0v) is 12.1. The SMILES string of the molecule is CCCCc1cc(=O)n(-c2ccc(OC)cn2)c(C)n1. The number of pyridine rings is 1. The van der Waals surface area contributed by atoms with E-state index in [1.165, 1.54) is 4.57 Å². The molecule has 0 unspecified atom stereocenters. The third-order valence-corrected chi connectivity index (χ3v) is 3.11. The lowest BCUT2D eigenvalue weighted by atomic mass is 10.2. The van der Waals surface area contributed by atoms with Crippen LogP contribution in [0.15, 0.2) is 29.2 Å². The van der Waals surface area contributed by atoms with Crippen molar-refractivity contribution in [3.05, 3.63) is 46.3 Å². The maximum Gasteiger partial charge on any atom is 0.259 e. The molecule has 0 aliphatic rings. The van der Waals surface area contributed by atoms with Gasteiger partial charge in [-0.1, -0.05) is 13.3 Å². The number of nitrogens with zero attached hydrogens (tertiary/aromatic N) is 3. The van der Waals surface area contributed by atoms with E-state index < -0.39 is 0 Å². The fraction of sp³-hybridized carbons (Fsp3) is 0.400. The minimum Gasteiger partial charge on any atom is -0.495 e. The topological polar surface area (TPSA) is 57.0 Å². The fourth-order valence-electron chi connectivity index (χ4n) is 2.05. The number of hydrogen-bond acceptors (Lipinski definition) is 4. The first-order chi connectivity index (χ1) is 9.65. The molecule has 0 fully saturated rings. The molecule has 2 aromatic rings. The molecule has 2 heterocycles. The Balaban J connectivity index is 2.38. The Hall–Kier alpha value is -2.17. The van der Waals surface area contributed by atoms with E-state index in [0.29, 0.717) is 17.4 Å². The fourth-order valence-corrected chi connectivity index (χ4v) is 2.05. The highest BCUT2D eigenvalue weighted by molar-refractivity contribution is 5.30. The normalized spacial score (nSPS) is 10.6. The zero-order chi connectivity index (χ0) is 14.5. The van der Waals surface area contributed by atoms with Gasteiger partial charge in [-0.2, -0.15) is 0 Å². The Labute approximate surface area is 118 Å². The second kappa shape index (κ2) is 6.32. The highest BCUT2D eigenvalue weighted by Crippen LogP contribution is 2.11. The Morgan fingerprint density at radius 2 is 2.15 bits per heavy atom. The first kappa shape index (κ1) is 14.2. The zero-order valence-electron chi connectivity index (χ0n) is 12.1. The lowest BCUT2D eigenvalue weighted by Crippen LogP contribution is -2.23. The van der Waals surface area contributed by atoms with E-state index in [1.807, 2.05) is 6.92 Å². The van der Waals surface area contributed by atoms with Crippen molar-refractivity contribution in [2.45, 2.75) is 33.1 Å². The Morgan fingerprint density at radius 1 is 1.35 bits per heavy atom. The van der Waals surface area contributed by atoms with Crippen LogP contribution in [0.1, 0.15) is 31.3 Å². The van der Waals surface area contributed by atoms with Crippen LogP contribution in [-0.4, -0.2) is 21.6 Å². The minimum atomic E-state index is -0.0960. The molecule has 0 aliphatic carbocycles. The molecule has 2 rings (SSSR count). The van der Waals surface area contributed by atoms with Gasteiger partial charge in [-0.3, -0.25) is 4.79 Å². The number of unbranched alkanes of at least 4 members (excludes halogenated alkanes) is 1. The number of aromatic nitrogens is 3. The molecule has 0 aromatic carbocycles. The molecule has 0 bridgehead atoms. The summed E-state index contributed by atoms with van der Waals surface area (Å²) in [6.45, 7) is 3.94. The smallest absolute Gasteiger partial charge is 0.259 e. The summed E-state index contributed by atoms with van der Waals surface area (Å²) in [4.78, 5) is 20.9. The molecule has 5 nitrogen and oxygen atoms in total. The second-order valence-electron chi connectivity index (χ2n) is 4.63. The summed E-state index contributed by atoms with van der Waals surface area (Å²) >= 11 is 0. The first-order valence-corrected chi connectivity index (χ1v) is 6.75. The van der Waals surface area contributed by atoms with Crippen molar-refractivity contribution in [3.63, 3.8) is 0 Å². The average molecular weight is 273 g/mol. The number of aryl methyl sites for hydroxylation is 2. The Kier molecular flexibility index (Phi) is 4.50. The minimum absolute atomic E-state index is 0.0960. The van der Waals surface area contributed by atoms with Crippen molar-refractivity contribution in [2.75, 3.05) is 7.11 Å². The molecule has 0 saturated carbocycles. The highest BCUT2D eigenvalue weighted by atomic mass is 16.5. The molecule has 0 amide bonds. The van der Waals surface area contributed by atoms with Crippen molar-refractivity contribution in [1.82, 2.24) is 14.5 Å². The second-order valence-corrected chi connectivity index (χ2v) is 4.63. The highest BCUT2D eigenvalue weighted by Gasteiger charge is 2.08. The summed E-state index contributed by atoms with van der Waals surface area (Å²) in [5, 5.41) is 0. The van der Waals surface area contributed by atoms with Gasteiger partial charge in [0, 0.05) is 11.8 Å². The van der Waals surface area contributed by atoms with E-state index in [1.54, 1.807) is 31.5 Å². The molecule has 0 spiro atoms. The summed E-state index contributed by atoms with van der Waals surface area (Å²) in [6, 6.07) is 5.12. The molecular weight excluding hydrogens is 254 g/mol. The van der Waals surface area contributed by atoms with Gasteiger partial charge < -0.3 is 4.74 Å². The summed E-state index contributed by atoms with van der Waals surface area (Å²) in [5.74, 6) is 1.87. The van der Waals surface area contributed by atoms with Crippen LogP contribution in [0.2, 0.25) is 0 Å². The largest absolute Gasteiger partial charge is 0.495 e. The van der Waals surface area contributed by atoms with E-state index in [2.05, 4.69) is 16.9 Å².